The molecule has 2 aliphatic carbocycles. The molecule has 1 aromatic carbocycles. The molecule has 0 saturated heterocycles. The molecule has 4 N–H and O–H groups in total. The molecule has 10 heteroatoms. The molecule has 32 heavy (non-hydrogen) atoms. The lowest BCUT2D eigenvalue weighted by Gasteiger charge is -2.30. The van der Waals surface area contributed by atoms with Crippen LogP contribution in [-0.2, 0) is 4.79 Å². The minimum atomic E-state index is -2.89. The molecule has 1 heterocycles. The van der Waals surface area contributed by atoms with Crippen LogP contribution < -0.4 is 11.1 Å². The van der Waals surface area contributed by atoms with Crippen LogP contribution in [0.2, 0.25) is 0 Å². The van der Waals surface area contributed by atoms with Crippen molar-refractivity contribution in [1.29, 1.82) is 0 Å². The molecule has 1 amide bonds. The summed E-state index contributed by atoms with van der Waals surface area (Å²) in [7, 11) is 0. The standard InChI is InChI=1S/C22H27F5N4O/c1-21(2,20(24)25)18(23)16(28)19-29-13-6-5-11(7-14(13)30-19)17(10-3-4-10)31-15(32)8-12-9-22(12,26)27/h5-7,10,12,16-18,20H,3-4,8-9,28H2,1-2H3,(H,29,30)(H,31,32)/t12?,16-,17-,18?/m1/s1. The van der Waals surface area contributed by atoms with Gasteiger partial charge >= 0.3 is 0 Å². The second-order valence-electron chi connectivity index (χ2n) is 9.70. The maximum absolute atomic E-state index is 14.7. The summed E-state index contributed by atoms with van der Waals surface area (Å²) in [6.45, 7) is 2.23. The quantitative estimate of drug-likeness (QED) is 0.472. The minimum absolute atomic E-state index is 0.0568. The van der Waals surface area contributed by atoms with Crippen LogP contribution in [-0.4, -0.2) is 34.4 Å². The van der Waals surface area contributed by atoms with Crippen molar-refractivity contribution in [1.82, 2.24) is 15.3 Å². The van der Waals surface area contributed by atoms with Gasteiger partial charge < -0.3 is 16.0 Å². The van der Waals surface area contributed by atoms with Gasteiger partial charge in [-0.1, -0.05) is 19.9 Å². The van der Waals surface area contributed by atoms with Gasteiger partial charge in [0.15, 0.2) is 0 Å². The molecule has 0 radical (unpaired) electrons. The highest BCUT2D eigenvalue weighted by Gasteiger charge is 2.57. The third-order valence-corrected chi connectivity index (χ3v) is 6.59. The van der Waals surface area contributed by atoms with E-state index in [0.717, 1.165) is 32.3 Å². The zero-order valence-corrected chi connectivity index (χ0v) is 17.8. The molecule has 1 aromatic heterocycles. The summed E-state index contributed by atoms with van der Waals surface area (Å²) < 4.78 is 67.4. The molecule has 2 unspecified atom stereocenters. The predicted molar refractivity (Wildman–Crippen MR) is 109 cm³/mol. The van der Waals surface area contributed by atoms with E-state index in [9.17, 15) is 26.7 Å². The summed E-state index contributed by atoms with van der Waals surface area (Å²) in [5.74, 6) is -3.79. The van der Waals surface area contributed by atoms with Gasteiger partial charge in [-0.25, -0.2) is 26.9 Å². The first-order valence-electron chi connectivity index (χ1n) is 10.7. The van der Waals surface area contributed by atoms with Crippen LogP contribution >= 0.6 is 0 Å². The lowest BCUT2D eigenvalue weighted by molar-refractivity contribution is -0.122. The summed E-state index contributed by atoms with van der Waals surface area (Å²) in [5.41, 5.74) is 5.75. The monoisotopic (exact) mass is 458 g/mol. The van der Waals surface area contributed by atoms with Crippen molar-refractivity contribution in [2.45, 2.75) is 70.1 Å². The van der Waals surface area contributed by atoms with Crippen molar-refractivity contribution >= 4 is 16.9 Å². The van der Waals surface area contributed by atoms with E-state index in [4.69, 9.17) is 5.73 Å². The van der Waals surface area contributed by atoms with Crippen LogP contribution in [0.1, 0.15) is 63.0 Å². The summed E-state index contributed by atoms with van der Waals surface area (Å²) >= 11 is 0. The number of nitrogens with zero attached hydrogens (tertiary/aromatic N) is 1. The first-order chi connectivity index (χ1) is 14.9. The number of fused-ring (bicyclic) bond motifs is 1. The fraction of sp³-hybridized carbons (Fsp3) is 0.636. The lowest BCUT2D eigenvalue weighted by atomic mass is 9.84. The van der Waals surface area contributed by atoms with Crippen molar-refractivity contribution in [3.8, 4) is 0 Å². The van der Waals surface area contributed by atoms with Crippen LogP contribution in [0.4, 0.5) is 22.0 Å². The molecule has 5 nitrogen and oxygen atoms in total. The SMILES string of the molecule is CC(C)(C(F)F)C(F)[C@@H](N)c1nc2ccc([C@H](NC(=O)CC3CC3(F)F)C3CC3)cc2[nH]1. The van der Waals surface area contributed by atoms with Crippen LogP contribution in [0, 0.1) is 17.3 Å². The molecular formula is C22H27F5N4O. The Morgan fingerprint density at radius 3 is 2.53 bits per heavy atom. The van der Waals surface area contributed by atoms with E-state index in [1.165, 1.54) is 0 Å². The van der Waals surface area contributed by atoms with Gasteiger partial charge in [0.2, 0.25) is 12.3 Å². The first-order valence-corrected chi connectivity index (χ1v) is 10.7. The van der Waals surface area contributed by atoms with Gasteiger partial charge in [0.05, 0.1) is 28.5 Å². The van der Waals surface area contributed by atoms with E-state index in [-0.39, 0.29) is 30.6 Å². The number of amides is 1. The topological polar surface area (TPSA) is 83.8 Å². The Balaban J connectivity index is 1.52. The van der Waals surface area contributed by atoms with Crippen molar-refractivity contribution in [3.05, 3.63) is 29.6 Å². The molecule has 2 aromatic rings. The fourth-order valence-corrected chi connectivity index (χ4v) is 3.97. The van der Waals surface area contributed by atoms with Crippen LogP contribution in [0.3, 0.4) is 0 Å². The summed E-state index contributed by atoms with van der Waals surface area (Å²) in [5, 5.41) is 2.87. The third-order valence-electron chi connectivity index (χ3n) is 6.59. The number of aromatic nitrogens is 2. The molecular weight excluding hydrogens is 431 g/mol. The van der Waals surface area contributed by atoms with Gasteiger partial charge in [-0.2, -0.15) is 0 Å². The van der Waals surface area contributed by atoms with E-state index in [2.05, 4.69) is 15.3 Å². The average Bonchev–Trinajstić information content (AvgIpc) is 3.61. The number of imidazole rings is 1. The fourth-order valence-electron chi connectivity index (χ4n) is 3.97. The molecule has 2 fully saturated rings. The zero-order valence-electron chi connectivity index (χ0n) is 17.8. The van der Waals surface area contributed by atoms with Crippen molar-refractivity contribution in [3.63, 3.8) is 0 Å². The van der Waals surface area contributed by atoms with E-state index in [1.807, 2.05) is 0 Å². The van der Waals surface area contributed by atoms with Crippen molar-refractivity contribution in [2.24, 2.45) is 23.0 Å². The number of aromatic amines is 1. The number of H-pyrrole nitrogens is 1. The molecule has 4 atom stereocenters. The molecule has 0 bridgehead atoms. The summed E-state index contributed by atoms with van der Waals surface area (Å²) in [6, 6.07) is 3.50. The van der Waals surface area contributed by atoms with Gasteiger partial charge in [-0.15, -0.1) is 0 Å². The smallest absolute Gasteiger partial charge is 0.252 e. The Labute approximate surface area is 182 Å². The minimum Gasteiger partial charge on any atom is -0.349 e. The molecule has 0 spiro atoms. The Bertz CT molecular complexity index is 1000. The van der Waals surface area contributed by atoms with E-state index in [1.54, 1.807) is 18.2 Å². The Kier molecular flexibility index (Phi) is 5.71. The second-order valence-corrected chi connectivity index (χ2v) is 9.70. The highest BCUT2D eigenvalue weighted by atomic mass is 19.3. The number of carbonyl (C=O) groups excluding carboxylic acids is 1. The molecule has 4 rings (SSSR count). The van der Waals surface area contributed by atoms with Crippen molar-refractivity contribution in [2.75, 3.05) is 0 Å². The molecule has 176 valence electrons. The van der Waals surface area contributed by atoms with Crippen LogP contribution in [0.5, 0.6) is 0 Å². The molecule has 0 aliphatic heterocycles. The highest BCUT2D eigenvalue weighted by molar-refractivity contribution is 5.79. The maximum atomic E-state index is 14.7. The lowest BCUT2D eigenvalue weighted by Crippen LogP contribution is -2.40. The van der Waals surface area contributed by atoms with Crippen LogP contribution in [0.15, 0.2) is 18.2 Å². The maximum Gasteiger partial charge on any atom is 0.252 e. The largest absolute Gasteiger partial charge is 0.349 e. The number of hydrogen-bond acceptors (Lipinski definition) is 3. The Morgan fingerprint density at radius 1 is 1.31 bits per heavy atom. The van der Waals surface area contributed by atoms with Gasteiger partial charge in [-0.3, -0.25) is 4.79 Å². The normalized spacial score (nSPS) is 23.2. The third kappa shape index (κ3) is 4.46. The number of nitrogens with two attached hydrogens (primary N) is 1. The predicted octanol–water partition coefficient (Wildman–Crippen LogP) is 4.80. The van der Waals surface area contributed by atoms with Crippen molar-refractivity contribution < 1.29 is 26.7 Å². The molecule has 2 saturated carbocycles. The van der Waals surface area contributed by atoms with Gasteiger partial charge in [0.25, 0.3) is 5.92 Å². The number of alkyl halides is 5. The Hall–Kier alpha value is -2.23. The number of halogens is 5. The molecule has 2 aliphatic rings. The number of nitrogens with one attached hydrogen (secondary N) is 2. The number of rotatable bonds is 9. The summed E-state index contributed by atoms with van der Waals surface area (Å²) in [4.78, 5) is 19.5. The zero-order chi connectivity index (χ0) is 23.4. The number of hydrogen-bond donors (Lipinski definition) is 3. The number of carbonyl (C=O) groups is 1. The first kappa shape index (κ1) is 22.9. The van der Waals surface area contributed by atoms with E-state index < -0.39 is 41.8 Å². The summed E-state index contributed by atoms with van der Waals surface area (Å²) in [6.07, 6.45) is -3.56. The average molecular weight is 458 g/mol. The van der Waals surface area contributed by atoms with E-state index >= 15 is 0 Å². The van der Waals surface area contributed by atoms with Crippen LogP contribution in [0.25, 0.3) is 11.0 Å². The van der Waals surface area contributed by atoms with Gasteiger partial charge in [0, 0.05) is 18.8 Å². The van der Waals surface area contributed by atoms with Gasteiger partial charge in [-0.05, 0) is 36.5 Å². The second kappa shape index (κ2) is 7.97. The highest BCUT2D eigenvalue weighted by Crippen LogP contribution is 2.51. The Morgan fingerprint density at radius 2 is 1.97 bits per heavy atom. The number of benzene rings is 1. The van der Waals surface area contributed by atoms with Gasteiger partial charge in [0.1, 0.15) is 12.0 Å². The van der Waals surface area contributed by atoms with E-state index in [0.29, 0.717) is 11.0 Å².